The standard InChI is InChI=1S/C19H37O2/c1-3-4-5-6-7-8-9-10-11-12-13-14-15-16-17-18(2)19(20)21/h18H,3-17H2,1-2H3. The maximum Gasteiger partial charge on any atom is 0.358 e. The van der Waals surface area contributed by atoms with E-state index in [4.69, 9.17) is 0 Å². The van der Waals surface area contributed by atoms with Gasteiger partial charge in [0.2, 0.25) is 0 Å². The van der Waals surface area contributed by atoms with Crippen molar-refractivity contribution in [2.24, 2.45) is 5.92 Å². The monoisotopic (exact) mass is 297 g/mol. The summed E-state index contributed by atoms with van der Waals surface area (Å²) >= 11 is 0. The lowest BCUT2D eigenvalue weighted by atomic mass is 10.0. The Bertz CT molecular complexity index is 226. The van der Waals surface area contributed by atoms with E-state index in [1.54, 1.807) is 6.92 Å². The molecule has 0 aromatic carbocycles. The first-order valence-electron chi connectivity index (χ1n) is 9.39. The highest BCUT2D eigenvalue weighted by Crippen LogP contribution is 2.14. The maximum absolute atomic E-state index is 10.6. The largest absolute Gasteiger partial charge is 0.358 e. The van der Waals surface area contributed by atoms with Crippen molar-refractivity contribution in [2.75, 3.05) is 0 Å². The summed E-state index contributed by atoms with van der Waals surface area (Å²) in [6.45, 7) is 4.02. The van der Waals surface area contributed by atoms with Crippen molar-refractivity contribution in [3.05, 3.63) is 0 Å². The first-order valence-corrected chi connectivity index (χ1v) is 9.39. The first kappa shape index (κ1) is 20.5. The third kappa shape index (κ3) is 15.7. The average molecular weight is 298 g/mol. The van der Waals surface area contributed by atoms with Crippen LogP contribution in [0.25, 0.3) is 0 Å². The van der Waals surface area contributed by atoms with E-state index in [0.29, 0.717) is 0 Å². The molecule has 0 heterocycles. The molecule has 0 aliphatic rings. The Morgan fingerprint density at radius 2 is 1.00 bits per heavy atom. The molecular weight excluding hydrogens is 260 g/mol. The Hall–Kier alpha value is -0.530. The lowest BCUT2D eigenvalue weighted by Crippen LogP contribution is -2.07. The van der Waals surface area contributed by atoms with Gasteiger partial charge in [0.25, 0.3) is 0 Å². The Kier molecular flexibility index (Phi) is 15.5. The first-order chi connectivity index (χ1) is 10.2. The van der Waals surface area contributed by atoms with Gasteiger partial charge in [-0.1, -0.05) is 104 Å². The van der Waals surface area contributed by atoms with Crippen LogP contribution < -0.4 is 0 Å². The van der Waals surface area contributed by atoms with Crippen LogP contribution in [-0.4, -0.2) is 5.97 Å². The maximum atomic E-state index is 10.6. The van der Waals surface area contributed by atoms with Crippen LogP contribution in [0.4, 0.5) is 0 Å². The van der Waals surface area contributed by atoms with Gasteiger partial charge in [-0.15, -0.1) is 0 Å². The third-order valence-corrected chi connectivity index (χ3v) is 4.39. The van der Waals surface area contributed by atoms with Crippen molar-refractivity contribution in [3.8, 4) is 0 Å². The third-order valence-electron chi connectivity index (χ3n) is 4.39. The van der Waals surface area contributed by atoms with Gasteiger partial charge >= 0.3 is 5.97 Å². The summed E-state index contributed by atoms with van der Waals surface area (Å²) in [5.74, 6) is -1.17. The highest BCUT2D eigenvalue weighted by molar-refractivity contribution is 5.68. The molecule has 0 fully saturated rings. The fourth-order valence-electron chi connectivity index (χ4n) is 2.76. The zero-order valence-electron chi connectivity index (χ0n) is 14.5. The van der Waals surface area contributed by atoms with Crippen LogP contribution in [0.5, 0.6) is 0 Å². The molecule has 1 unspecified atom stereocenters. The minimum Gasteiger partial charge on any atom is -0.247 e. The van der Waals surface area contributed by atoms with Crippen molar-refractivity contribution in [2.45, 2.75) is 110 Å². The molecule has 0 aromatic rings. The van der Waals surface area contributed by atoms with Crippen LogP contribution in [0.1, 0.15) is 110 Å². The molecule has 0 aliphatic carbocycles. The predicted octanol–water partition coefficient (Wildman–Crippen LogP) is 6.45. The summed E-state index contributed by atoms with van der Waals surface area (Å²) in [6, 6.07) is 0. The van der Waals surface area contributed by atoms with E-state index < -0.39 is 5.97 Å². The summed E-state index contributed by atoms with van der Waals surface area (Å²) in [6.07, 6.45) is 19.6. The molecule has 0 amide bonds. The zero-order chi connectivity index (χ0) is 15.8. The topological polar surface area (TPSA) is 37.0 Å². The molecule has 0 saturated carbocycles. The second-order valence-electron chi connectivity index (χ2n) is 6.60. The average Bonchev–Trinajstić information content (AvgIpc) is 2.47. The Labute approximate surface area is 132 Å². The quantitative estimate of drug-likeness (QED) is 0.301. The van der Waals surface area contributed by atoms with Crippen molar-refractivity contribution in [1.29, 1.82) is 0 Å². The molecule has 0 aromatic heterocycles. The van der Waals surface area contributed by atoms with Crippen molar-refractivity contribution in [3.63, 3.8) is 0 Å². The molecule has 21 heavy (non-hydrogen) atoms. The Morgan fingerprint density at radius 3 is 1.33 bits per heavy atom. The smallest absolute Gasteiger partial charge is 0.247 e. The molecule has 2 heteroatoms. The summed E-state index contributed by atoms with van der Waals surface area (Å²) in [5.41, 5.74) is 0. The van der Waals surface area contributed by atoms with Gasteiger partial charge in [0.05, 0.1) is 5.92 Å². The molecule has 1 atom stereocenters. The number of hydrogen-bond donors (Lipinski definition) is 0. The predicted molar refractivity (Wildman–Crippen MR) is 89.8 cm³/mol. The van der Waals surface area contributed by atoms with E-state index in [9.17, 15) is 9.90 Å². The van der Waals surface area contributed by atoms with Crippen LogP contribution in [-0.2, 0) is 9.90 Å². The van der Waals surface area contributed by atoms with Crippen molar-refractivity contribution >= 4 is 5.97 Å². The zero-order valence-corrected chi connectivity index (χ0v) is 14.5. The van der Waals surface area contributed by atoms with E-state index in [-0.39, 0.29) is 5.92 Å². The Balaban J connectivity index is 3.04. The van der Waals surface area contributed by atoms with Gasteiger partial charge < -0.3 is 0 Å². The molecule has 0 bridgehead atoms. The molecule has 0 rings (SSSR count). The highest BCUT2D eigenvalue weighted by atomic mass is 16.4. The van der Waals surface area contributed by atoms with Crippen molar-refractivity contribution < 1.29 is 9.90 Å². The summed E-state index contributed by atoms with van der Waals surface area (Å²) < 4.78 is 0. The molecular formula is C19H37O2. The van der Waals surface area contributed by atoms with Gasteiger partial charge in [0, 0.05) is 0 Å². The minimum atomic E-state index is -0.898. The van der Waals surface area contributed by atoms with Crippen LogP contribution in [0.15, 0.2) is 0 Å². The molecule has 1 radical (unpaired) electrons. The van der Waals surface area contributed by atoms with Crippen LogP contribution in [0, 0.1) is 5.92 Å². The highest BCUT2D eigenvalue weighted by Gasteiger charge is 2.11. The normalized spacial score (nSPS) is 12.5. The number of rotatable bonds is 16. The summed E-state index contributed by atoms with van der Waals surface area (Å²) in [5, 5.41) is 10.6. The second-order valence-corrected chi connectivity index (χ2v) is 6.60. The van der Waals surface area contributed by atoms with E-state index in [2.05, 4.69) is 6.92 Å². The van der Waals surface area contributed by atoms with Gasteiger partial charge in [-0.05, 0) is 6.42 Å². The lowest BCUT2D eigenvalue weighted by Gasteiger charge is -2.05. The van der Waals surface area contributed by atoms with E-state index in [1.807, 2.05) is 0 Å². The second kappa shape index (κ2) is 15.9. The summed E-state index contributed by atoms with van der Waals surface area (Å²) in [4.78, 5) is 10.6. The van der Waals surface area contributed by atoms with Gasteiger partial charge in [0.1, 0.15) is 0 Å². The molecule has 0 saturated heterocycles. The summed E-state index contributed by atoms with van der Waals surface area (Å²) in [7, 11) is 0. The molecule has 0 N–H and O–H groups in total. The number of carbonyl (C=O) groups excluding carboxylic acids is 1. The van der Waals surface area contributed by atoms with Crippen LogP contribution in [0.2, 0.25) is 0 Å². The van der Waals surface area contributed by atoms with Gasteiger partial charge in [-0.25, -0.2) is 9.90 Å². The number of unbranched alkanes of at least 4 members (excludes halogenated alkanes) is 13. The lowest BCUT2D eigenvalue weighted by molar-refractivity contribution is -0.147. The van der Waals surface area contributed by atoms with E-state index in [0.717, 1.165) is 12.8 Å². The molecule has 125 valence electrons. The Morgan fingerprint density at radius 1 is 0.667 bits per heavy atom. The van der Waals surface area contributed by atoms with Gasteiger partial charge in [-0.2, -0.15) is 0 Å². The molecule has 0 spiro atoms. The number of carbonyl (C=O) groups is 1. The number of hydrogen-bond acceptors (Lipinski definition) is 1. The van der Waals surface area contributed by atoms with E-state index in [1.165, 1.54) is 83.5 Å². The molecule has 0 aliphatic heterocycles. The van der Waals surface area contributed by atoms with E-state index >= 15 is 0 Å². The SMILES string of the molecule is CCCCCCCCCCCCCCCCC(C)C([O])=O. The minimum absolute atomic E-state index is 0.276. The fraction of sp³-hybridized carbons (Fsp3) is 0.947. The molecule has 2 nitrogen and oxygen atoms in total. The van der Waals surface area contributed by atoms with Crippen LogP contribution in [0.3, 0.4) is 0 Å². The van der Waals surface area contributed by atoms with Gasteiger partial charge in [-0.3, -0.25) is 0 Å². The van der Waals surface area contributed by atoms with Gasteiger partial charge in [0.15, 0.2) is 0 Å². The van der Waals surface area contributed by atoms with Crippen molar-refractivity contribution in [1.82, 2.24) is 0 Å². The van der Waals surface area contributed by atoms with Crippen LogP contribution >= 0.6 is 0 Å². The fourth-order valence-corrected chi connectivity index (χ4v) is 2.76.